The number of benzene rings is 1. The van der Waals surface area contributed by atoms with Crippen LogP contribution in [0.1, 0.15) is 38.3 Å². The molecule has 0 saturated carbocycles. The molecule has 2 heterocycles. The van der Waals surface area contributed by atoms with Crippen LogP contribution in [0.15, 0.2) is 24.3 Å². The van der Waals surface area contributed by atoms with Crippen LogP contribution in [0.4, 0.5) is 5.69 Å². The van der Waals surface area contributed by atoms with Gasteiger partial charge in [-0.1, -0.05) is 19.1 Å². The molecule has 7 heteroatoms. The number of esters is 1. The lowest BCUT2D eigenvalue weighted by Crippen LogP contribution is -2.98. The average molecular weight is 388 g/mol. The van der Waals surface area contributed by atoms with E-state index in [-0.39, 0.29) is 24.5 Å². The van der Waals surface area contributed by atoms with Crippen molar-refractivity contribution < 1.29 is 24.4 Å². The lowest BCUT2D eigenvalue weighted by atomic mass is 9.77. The van der Waals surface area contributed by atoms with Gasteiger partial charge < -0.3 is 15.0 Å². The van der Waals surface area contributed by atoms with E-state index in [1.54, 1.807) is 6.92 Å². The summed E-state index contributed by atoms with van der Waals surface area (Å²) in [4.78, 5) is 42.2. The van der Waals surface area contributed by atoms with Crippen molar-refractivity contribution in [1.82, 2.24) is 4.90 Å². The second kappa shape index (κ2) is 7.54. The topological polar surface area (TPSA) is 83.5 Å². The molecule has 1 aromatic carbocycles. The minimum Gasteiger partial charge on any atom is -0.461 e. The molecule has 0 unspecified atom stereocenters. The summed E-state index contributed by atoms with van der Waals surface area (Å²) in [5, 5.41) is 1.93. The zero-order valence-electron chi connectivity index (χ0n) is 17.3. The molecule has 2 amide bonds. The molecule has 2 fully saturated rings. The molecule has 2 saturated heterocycles. The first-order chi connectivity index (χ1) is 13.3. The molecule has 2 N–H and O–H groups in total. The Morgan fingerprint density at radius 3 is 2.36 bits per heavy atom. The van der Waals surface area contributed by atoms with Crippen LogP contribution in [0.25, 0.3) is 0 Å². The zero-order valence-corrected chi connectivity index (χ0v) is 17.3. The van der Waals surface area contributed by atoms with Gasteiger partial charge in [0.05, 0.1) is 6.61 Å². The highest BCUT2D eigenvalue weighted by Crippen LogP contribution is 2.45. The van der Waals surface area contributed by atoms with E-state index < -0.39 is 23.3 Å². The molecule has 0 spiro atoms. The normalized spacial score (nSPS) is 29.2. The van der Waals surface area contributed by atoms with Gasteiger partial charge in [-0.15, -0.1) is 0 Å². The highest BCUT2D eigenvalue weighted by atomic mass is 16.5. The fourth-order valence-corrected chi connectivity index (χ4v) is 4.78. The van der Waals surface area contributed by atoms with Gasteiger partial charge in [-0.05, 0) is 25.5 Å². The Labute approximate surface area is 166 Å². The van der Waals surface area contributed by atoms with Crippen molar-refractivity contribution in [3.8, 4) is 0 Å². The number of amides is 2. The van der Waals surface area contributed by atoms with Gasteiger partial charge in [-0.3, -0.25) is 14.5 Å². The Morgan fingerprint density at radius 2 is 1.82 bits per heavy atom. The van der Waals surface area contributed by atoms with Crippen LogP contribution < -0.4 is 10.2 Å². The maximum atomic E-state index is 13.0. The standard InChI is InChI=1S/C21H29N3O4/c1-6-12-21(20(27)28-7-2)16-15(18(25)24(5)19(16)26)17(22-21)13-8-10-14(11-9-13)23(3)4/h8-11,15-17,22H,6-7,12H2,1-5H3/p+1/t15-,16+,17-,21+/m0/s1. The smallest absolute Gasteiger partial charge is 0.368 e. The number of anilines is 1. The third-order valence-electron chi connectivity index (χ3n) is 6.10. The van der Waals surface area contributed by atoms with E-state index in [1.165, 1.54) is 11.9 Å². The summed E-state index contributed by atoms with van der Waals surface area (Å²) in [5.74, 6) is -2.13. The quantitative estimate of drug-likeness (QED) is 0.573. The van der Waals surface area contributed by atoms with Crippen LogP contribution in [0, 0.1) is 11.8 Å². The fraction of sp³-hybridized carbons (Fsp3) is 0.571. The highest BCUT2D eigenvalue weighted by Gasteiger charge is 2.71. The van der Waals surface area contributed by atoms with Crippen molar-refractivity contribution in [2.24, 2.45) is 11.8 Å². The summed E-state index contributed by atoms with van der Waals surface area (Å²) in [6.45, 7) is 3.98. The molecule has 28 heavy (non-hydrogen) atoms. The molecular formula is C21H30N3O4+. The molecule has 1 aromatic rings. The Kier molecular flexibility index (Phi) is 5.48. The second-order valence-corrected chi connectivity index (χ2v) is 7.93. The molecule has 152 valence electrons. The lowest BCUT2D eigenvalue weighted by Gasteiger charge is -2.29. The summed E-state index contributed by atoms with van der Waals surface area (Å²) in [7, 11) is 5.44. The number of ether oxygens (including phenoxy) is 1. The van der Waals surface area contributed by atoms with Gasteiger partial charge in [0.2, 0.25) is 17.4 Å². The first-order valence-electron chi connectivity index (χ1n) is 9.90. The summed E-state index contributed by atoms with van der Waals surface area (Å²) in [6, 6.07) is 7.66. The minimum absolute atomic E-state index is 0.213. The van der Waals surface area contributed by atoms with E-state index in [0.717, 1.165) is 17.7 Å². The summed E-state index contributed by atoms with van der Waals surface area (Å²) in [5.41, 5.74) is 0.937. The van der Waals surface area contributed by atoms with Gasteiger partial charge in [-0.25, -0.2) is 4.79 Å². The Morgan fingerprint density at radius 1 is 1.18 bits per heavy atom. The lowest BCUT2D eigenvalue weighted by molar-refractivity contribution is -0.735. The largest absolute Gasteiger partial charge is 0.461 e. The van der Waals surface area contributed by atoms with Gasteiger partial charge in [0.15, 0.2) is 0 Å². The molecule has 7 nitrogen and oxygen atoms in total. The number of imide groups is 1. The number of nitrogens with two attached hydrogens (primary N) is 1. The van der Waals surface area contributed by atoms with E-state index in [1.807, 2.05) is 55.5 Å². The Hall–Kier alpha value is -2.41. The van der Waals surface area contributed by atoms with Crippen LogP contribution in [-0.2, 0) is 19.1 Å². The number of carbonyl (C=O) groups excluding carboxylic acids is 3. The molecule has 2 aliphatic rings. The summed E-state index contributed by atoms with van der Waals surface area (Å²) >= 11 is 0. The van der Waals surface area contributed by atoms with Crippen molar-refractivity contribution in [2.75, 3.05) is 32.6 Å². The summed E-state index contributed by atoms with van der Waals surface area (Å²) in [6.07, 6.45) is 1.21. The maximum Gasteiger partial charge on any atom is 0.368 e. The van der Waals surface area contributed by atoms with Crippen LogP contribution >= 0.6 is 0 Å². The molecule has 0 radical (unpaired) electrons. The van der Waals surface area contributed by atoms with E-state index in [9.17, 15) is 14.4 Å². The number of nitrogens with zero attached hydrogens (tertiary/aromatic N) is 2. The molecule has 4 atom stereocenters. The highest BCUT2D eigenvalue weighted by molar-refractivity contribution is 6.08. The monoisotopic (exact) mass is 388 g/mol. The predicted octanol–water partition coefficient (Wildman–Crippen LogP) is 0.704. The van der Waals surface area contributed by atoms with E-state index in [0.29, 0.717) is 6.42 Å². The maximum absolute atomic E-state index is 13.0. The number of hydrogen-bond donors (Lipinski definition) is 1. The molecular weight excluding hydrogens is 358 g/mol. The van der Waals surface area contributed by atoms with Crippen molar-refractivity contribution in [3.63, 3.8) is 0 Å². The van der Waals surface area contributed by atoms with Crippen LogP contribution in [0.3, 0.4) is 0 Å². The van der Waals surface area contributed by atoms with Crippen molar-refractivity contribution >= 4 is 23.5 Å². The minimum atomic E-state index is -1.06. The first kappa shape index (κ1) is 20.3. The Balaban J connectivity index is 2.08. The van der Waals surface area contributed by atoms with Crippen molar-refractivity contribution in [3.05, 3.63) is 29.8 Å². The van der Waals surface area contributed by atoms with Gasteiger partial charge in [0.1, 0.15) is 17.9 Å². The number of fused-ring (bicyclic) bond motifs is 1. The van der Waals surface area contributed by atoms with Crippen molar-refractivity contribution in [2.45, 2.75) is 38.3 Å². The van der Waals surface area contributed by atoms with E-state index in [4.69, 9.17) is 4.74 Å². The number of likely N-dealkylation sites (tertiary alicyclic amines) is 1. The molecule has 3 rings (SSSR count). The number of hydrogen-bond acceptors (Lipinski definition) is 5. The van der Waals surface area contributed by atoms with Crippen LogP contribution in [0.2, 0.25) is 0 Å². The zero-order chi connectivity index (χ0) is 20.6. The predicted molar refractivity (Wildman–Crippen MR) is 104 cm³/mol. The van der Waals surface area contributed by atoms with Crippen LogP contribution in [0.5, 0.6) is 0 Å². The average Bonchev–Trinajstić information content (AvgIpc) is 3.13. The second-order valence-electron chi connectivity index (χ2n) is 7.93. The van der Waals surface area contributed by atoms with E-state index >= 15 is 0 Å². The molecule has 2 aliphatic heterocycles. The number of rotatable bonds is 6. The van der Waals surface area contributed by atoms with Crippen molar-refractivity contribution in [1.29, 1.82) is 0 Å². The molecule has 0 aliphatic carbocycles. The molecule has 0 bridgehead atoms. The SMILES string of the molecule is CCC[C@@]1(C(=O)OCC)[NH2+][C@@H](c2ccc(N(C)C)cc2)[C@H]2C(=O)N(C)C(=O)[C@@H]21. The van der Waals surface area contributed by atoms with Gasteiger partial charge in [-0.2, -0.15) is 0 Å². The summed E-state index contributed by atoms with van der Waals surface area (Å²) < 4.78 is 5.38. The molecule has 0 aromatic heterocycles. The van der Waals surface area contributed by atoms with Gasteiger partial charge in [0.25, 0.3) is 0 Å². The Bertz CT molecular complexity index is 776. The van der Waals surface area contributed by atoms with E-state index in [2.05, 4.69) is 0 Å². The third-order valence-corrected chi connectivity index (χ3v) is 6.10. The van der Waals surface area contributed by atoms with Crippen LogP contribution in [-0.4, -0.2) is 56.0 Å². The van der Waals surface area contributed by atoms with Gasteiger partial charge >= 0.3 is 5.97 Å². The number of carbonyl (C=O) groups is 3. The van der Waals surface area contributed by atoms with Gasteiger partial charge in [0, 0.05) is 38.8 Å². The number of quaternary nitrogens is 1. The fourth-order valence-electron chi connectivity index (χ4n) is 4.78. The third kappa shape index (κ3) is 2.98. The first-order valence-corrected chi connectivity index (χ1v) is 9.90.